The predicted octanol–water partition coefficient (Wildman–Crippen LogP) is 3.61. The molecule has 3 aliphatic rings. The lowest BCUT2D eigenvalue weighted by Gasteiger charge is -2.33. The van der Waals surface area contributed by atoms with E-state index in [4.69, 9.17) is 4.74 Å². The standard InChI is InChI=1S/C22H22FN3O2/c23-15-10-11-19-17(12-15)26-18(13-28-19)20(14-6-2-1-3-7-14)21(25-26)22(27)24-16-8-4-5-9-16/h1-3,6-7,10-12,16,18,20H,4-5,8-9,13H2,(H,24,27). The van der Waals surface area contributed by atoms with E-state index < -0.39 is 0 Å². The molecule has 2 atom stereocenters. The summed E-state index contributed by atoms with van der Waals surface area (Å²) in [7, 11) is 0. The van der Waals surface area contributed by atoms with Crippen LogP contribution in [0, 0.1) is 5.82 Å². The SMILES string of the molecule is O=C(NC1CCCC1)C1=NN2c3cc(F)ccc3OCC2C1c1ccccc1. The van der Waals surface area contributed by atoms with Crippen LogP contribution in [0.4, 0.5) is 10.1 Å². The summed E-state index contributed by atoms with van der Waals surface area (Å²) in [5.41, 5.74) is 2.06. The largest absolute Gasteiger partial charge is 0.489 e. The second kappa shape index (κ2) is 6.93. The molecule has 1 aliphatic carbocycles. The molecule has 2 aromatic carbocycles. The van der Waals surface area contributed by atoms with Gasteiger partial charge in [-0.05, 0) is 30.5 Å². The van der Waals surface area contributed by atoms with Gasteiger partial charge in [-0.15, -0.1) is 0 Å². The number of carbonyl (C=O) groups is 1. The molecule has 0 radical (unpaired) electrons. The Morgan fingerprint density at radius 1 is 1.14 bits per heavy atom. The van der Waals surface area contributed by atoms with Crippen molar-refractivity contribution in [2.75, 3.05) is 11.6 Å². The van der Waals surface area contributed by atoms with E-state index in [2.05, 4.69) is 10.4 Å². The average molecular weight is 379 g/mol. The fourth-order valence-electron chi connectivity index (χ4n) is 4.50. The van der Waals surface area contributed by atoms with Crippen LogP contribution < -0.4 is 15.1 Å². The minimum atomic E-state index is -0.349. The van der Waals surface area contributed by atoms with Crippen LogP contribution in [0.5, 0.6) is 5.75 Å². The van der Waals surface area contributed by atoms with Crippen LogP contribution in [0.1, 0.15) is 37.2 Å². The molecule has 144 valence electrons. The number of hydrogen-bond donors (Lipinski definition) is 1. The maximum atomic E-state index is 13.9. The van der Waals surface area contributed by atoms with Gasteiger partial charge in [-0.2, -0.15) is 5.10 Å². The number of nitrogens with one attached hydrogen (secondary N) is 1. The third-order valence-corrected chi connectivity index (χ3v) is 5.87. The summed E-state index contributed by atoms with van der Waals surface area (Å²) in [6, 6.07) is 14.3. The Kier molecular flexibility index (Phi) is 4.26. The maximum Gasteiger partial charge on any atom is 0.268 e. The topological polar surface area (TPSA) is 53.9 Å². The Morgan fingerprint density at radius 2 is 1.93 bits per heavy atom. The number of ether oxygens (including phenoxy) is 1. The zero-order valence-electron chi connectivity index (χ0n) is 15.5. The van der Waals surface area contributed by atoms with Crippen LogP contribution in [0.3, 0.4) is 0 Å². The van der Waals surface area contributed by atoms with Crippen LogP contribution >= 0.6 is 0 Å². The molecule has 1 saturated carbocycles. The molecule has 0 saturated heterocycles. The number of carbonyl (C=O) groups excluding carboxylic acids is 1. The van der Waals surface area contributed by atoms with E-state index >= 15 is 0 Å². The number of amides is 1. The van der Waals surface area contributed by atoms with E-state index in [1.807, 2.05) is 30.3 Å². The van der Waals surface area contributed by atoms with E-state index in [1.54, 1.807) is 11.1 Å². The molecule has 6 heteroatoms. The third kappa shape index (κ3) is 2.93. The normalized spacial score (nSPS) is 23.6. The van der Waals surface area contributed by atoms with Crippen molar-refractivity contribution < 1.29 is 13.9 Å². The molecule has 2 aromatic rings. The number of benzene rings is 2. The molecule has 2 heterocycles. The summed E-state index contributed by atoms with van der Waals surface area (Å²) in [5, 5.41) is 9.60. The number of hydrogen-bond acceptors (Lipinski definition) is 4. The quantitative estimate of drug-likeness (QED) is 0.887. The molecule has 5 rings (SSSR count). The number of anilines is 1. The average Bonchev–Trinajstić information content (AvgIpc) is 3.36. The summed E-state index contributed by atoms with van der Waals surface area (Å²) in [6.45, 7) is 0.391. The van der Waals surface area contributed by atoms with E-state index in [0.29, 0.717) is 23.8 Å². The Morgan fingerprint density at radius 3 is 2.71 bits per heavy atom. The van der Waals surface area contributed by atoms with Gasteiger partial charge in [0.2, 0.25) is 0 Å². The van der Waals surface area contributed by atoms with Crippen molar-refractivity contribution in [3.05, 3.63) is 59.9 Å². The van der Waals surface area contributed by atoms with Crippen LogP contribution in [-0.4, -0.2) is 30.3 Å². The second-order valence-corrected chi connectivity index (χ2v) is 7.66. The number of nitrogens with zero attached hydrogens (tertiary/aromatic N) is 2. The number of halogens is 1. The molecule has 0 bridgehead atoms. The maximum absolute atomic E-state index is 13.9. The Balaban J connectivity index is 1.53. The first kappa shape index (κ1) is 17.2. The first-order valence-electron chi connectivity index (χ1n) is 9.86. The first-order valence-corrected chi connectivity index (χ1v) is 9.86. The molecule has 0 spiro atoms. The summed E-state index contributed by atoms with van der Waals surface area (Å²) >= 11 is 0. The molecule has 1 amide bonds. The van der Waals surface area contributed by atoms with Gasteiger partial charge < -0.3 is 10.1 Å². The van der Waals surface area contributed by atoms with Crippen LogP contribution in [0.15, 0.2) is 53.6 Å². The number of hydrazone groups is 1. The summed E-state index contributed by atoms with van der Waals surface area (Å²) in [5.74, 6) is -0.115. The Bertz CT molecular complexity index is 925. The minimum Gasteiger partial charge on any atom is -0.489 e. The smallest absolute Gasteiger partial charge is 0.268 e. The molecule has 1 fully saturated rings. The number of rotatable bonds is 3. The Hall–Kier alpha value is -2.89. The van der Waals surface area contributed by atoms with E-state index in [9.17, 15) is 9.18 Å². The van der Waals surface area contributed by atoms with Crippen molar-refractivity contribution in [2.24, 2.45) is 5.10 Å². The highest BCUT2D eigenvalue weighted by Crippen LogP contribution is 2.43. The van der Waals surface area contributed by atoms with Crippen molar-refractivity contribution >= 4 is 17.3 Å². The van der Waals surface area contributed by atoms with E-state index in [0.717, 1.165) is 31.2 Å². The Labute approximate surface area is 163 Å². The molecule has 5 nitrogen and oxygen atoms in total. The third-order valence-electron chi connectivity index (χ3n) is 5.87. The van der Waals surface area contributed by atoms with Crippen molar-refractivity contribution in [3.63, 3.8) is 0 Å². The number of fused-ring (bicyclic) bond motifs is 3. The van der Waals surface area contributed by atoms with Crippen molar-refractivity contribution in [1.29, 1.82) is 0 Å². The van der Waals surface area contributed by atoms with Gasteiger partial charge in [0.25, 0.3) is 5.91 Å². The van der Waals surface area contributed by atoms with Gasteiger partial charge >= 0.3 is 0 Å². The first-order chi connectivity index (χ1) is 13.7. The van der Waals surface area contributed by atoms with Crippen LogP contribution in [0.2, 0.25) is 0 Å². The fourth-order valence-corrected chi connectivity index (χ4v) is 4.50. The van der Waals surface area contributed by atoms with Crippen molar-refractivity contribution in [2.45, 2.75) is 43.7 Å². The highest BCUT2D eigenvalue weighted by atomic mass is 19.1. The van der Waals surface area contributed by atoms with Crippen molar-refractivity contribution in [1.82, 2.24) is 5.32 Å². The second-order valence-electron chi connectivity index (χ2n) is 7.66. The van der Waals surface area contributed by atoms with Gasteiger partial charge in [0.05, 0.1) is 12.0 Å². The van der Waals surface area contributed by atoms with Crippen LogP contribution in [-0.2, 0) is 4.79 Å². The van der Waals surface area contributed by atoms with Crippen LogP contribution in [0.25, 0.3) is 0 Å². The minimum absolute atomic E-state index is 0.131. The summed E-state index contributed by atoms with van der Waals surface area (Å²) < 4.78 is 19.8. The van der Waals surface area contributed by atoms with Gasteiger partial charge in [0.15, 0.2) is 0 Å². The van der Waals surface area contributed by atoms with Crippen molar-refractivity contribution in [3.8, 4) is 5.75 Å². The van der Waals surface area contributed by atoms with E-state index in [1.165, 1.54) is 12.1 Å². The van der Waals surface area contributed by atoms with E-state index in [-0.39, 0.29) is 29.7 Å². The molecular formula is C22H22FN3O2. The molecule has 0 aromatic heterocycles. The zero-order chi connectivity index (χ0) is 19.1. The molecule has 2 aliphatic heterocycles. The van der Waals surface area contributed by atoms with Gasteiger partial charge in [0, 0.05) is 12.1 Å². The lowest BCUT2D eigenvalue weighted by Crippen LogP contribution is -2.43. The lowest BCUT2D eigenvalue weighted by atomic mass is 9.87. The summed E-state index contributed by atoms with van der Waals surface area (Å²) in [6.07, 6.45) is 4.32. The highest BCUT2D eigenvalue weighted by molar-refractivity contribution is 6.42. The molecule has 28 heavy (non-hydrogen) atoms. The van der Waals surface area contributed by atoms with Gasteiger partial charge in [0.1, 0.15) is 29.6 Å². The monoisotopic (exact) mass is 379 g/mol. The highest BCUT2D eigenvalue weighted by Gasteiger charge is 2.45. The molecular weight excluding hydrogens is 357 g/mol. The fraction of sp³-hybridized carbons (Fsp3) is 0.364. The summed E-state index contributed by atoms with van der Waals surface area (Å²) in [4.78, 5) is 13.1. The zero-order valence-corrected chi connectivity index (χ0v) is 15.5. The molecule has 1 N–H and O–H groups in total. The van der Waals surface area contributed by atoms with Gasteiger partial charge in [-0.25, -0.2) is 4.39 Å². The van der Waals surface area contributed by atoms with Gasteiger partial charge in [-0.1, -0.05) is 43.2 Å². The molecule has 2 unspecified atom stereocenters. The predicted molar refractivity (Wildman–Crippen MR) is 105 cm³/mol. The van der Waals surface area contributed by atoms with Gasteiger partial charge in [-0.3, -0.25) is 9.80 Å². The lowest BCUT2D eigenvalue weighted by molar-refractivity contribution is -0.115.